The Bertz CT molecular complexity index is 323. The van der Waals surface area contributed by atoms with Gasteiger partial charge in [-0.05, 0) is 24.6 Å². The second kappa shape index (κ2) is 6.19. The van der Waals surface area contributed by atoms with Crippen molar-refractivity contribution in [3.8, 4) is 0 Å². The molecule has 15 heavy (non-hydrogen) atoms. The third-order valence-electron chi connectivity index (χ3n) is 2.21. The van der Waals surface area contributed by atoms with Crippen LogP contribution in [-0.4, -0.2) is 19.0 Å². The van der Waals surface area contributed by atoms with E-state index in [-0.39, 0.29) is 5.91 Å². The van der Waals surface area contributed by atoms with Gasteiger partial charge in [0.05, 0.1) is 6.54 Å². The maximum atomic E-state index is 11.5. The molecule has 0 unspecified atom stereocenters. The molecule has 0 atom stereocenters. The number of carbonyl (C=O) groups is 1. The Kier molecular flexibility index (Phi) is 4.84. The van der Waals surface area contributed by atoms with Crippen molar-refractivity contribution in [2.45, 2.75) is 20.3 Å². The maximum Gasteiger partial charge on any atom is 0.238 e. The molecule has 1 rings (SSSR count). The maximum absolute atomic E-state index is 11.5. The van der Waals surface area contributed by atoms with E-state index in [1.165, 1.54) is 5.56 Å². The fraction of sp³-hybridized carbons (Fsp3) is 0.417. The van der Waals surface area contributed by atoms with Crippen molar-refractivity contribution in [1.82, 2.24) is 5.32 Å². The molecule has 0 aliphatic rings. The highest BCUT2D eigenvalue weighted by Gasteiger charge is 2.03. The first-order valence-electron chi connectivity index (χ1n) is 5.36. The van der Waals surface area contributed by atoms with Crippen LogP contribution in [0.3, 0.4) is 0 Å². The van der Waals surface area contributed by atoms with Crippen molar-refractivity contribution in [3.63, 3.8) is 0 Å². The minimum Gasteiger partial charge on any atom is -0.325 e. The van der Waals surface area contributed by atoms with E-state index >= 15 is 0 Å². The van der Waals surface area contributed by atoms with Gasteiger partial charge in [-0.2, -0.15) is 0 Å². The molecule has 0 aromatic heterocycles. The summed E-state index contributed by atoms with van der Waals surface area (Å²) in [5.41, 5.74) is 2.09. The number of amides is 1. The van der Waals surface area contributed by atoms with E-state index in [1.807, 2.05) is 31.2 Å². The lowest BCUT2D eigenvalue weighted by atomic mass is 10.1. The van der Waals surface area contributed by atoms with E-state index in [0.29, 0.717) is 6.54 Å². The molecule has 0 heterocycles. The van der Waals surface area contributed by atoms with Gasteiger partial charge in [0, 0.05) is 5.69 Å². The number of likely N-dealkylation sites (N-methyl/N-ethyl adjacent to an activating group) is 1. The molecule has 0 fully saturated rings. The molecule has 0 saturated carbocycles. The van der Waals surface area contributed by atoms with Crippen molar-refractivity contribution < 1.29 is 4.79 Å². The SMILES string of the molecule is CCNCC(=O)Nc1ccccc1CC. The quantitative estimate of drug-likeness (QED) is 0.771. The molecule has 0 aliphatic heterocycles. The van der Waals surface area contributed by atoms with Crippen LogP contribution in [0.4, 0.5) is 5.69 Å². The highest BCUT2D eigenvalue weighted by Crippen LogP contribution is 2.14. The number of hydrogen-bond acceptors (Lipinski definition) is 2. The van der Waals surface area contributed by atoms with Crippen LogP contribution in [0.15, 0.2) is 24.3 Å². The van der Waals surface area contributed by atoms with Crippen LogP contribution in [-0.2, 0) is 11.2 Å². The fourth-order valence-electron chi connectivity index (χ4n) is 1.38. The van der Waals surface area contributed by atoms with E-state index in [9.17, 15) is 4.79 Å². The van der Waals surface area contributed by atoms with Gasteiger partial charge >= 0.3 is 0 Å². The lowest BCUT2D eigenvalue weighted by Crippen LogP contribution is -2.28. The van der Waals surface area contributed by atoms with E-state index in [2.05, 4.69) is 17.6 Å². The summed E-state index contributed by atoms with van der Waals surface area (Å²) in [6.07, 6.45) is 0.928. The molecule has 1 amide bonds. The third-order valence-corrected chi connectivity index (χ3v) is 2.21. The van der Waals surface area contributed by atoms with Crippen molar-refractivity contribution >= 4 is 11.6 Å². The molecular weight excluding hydrogens is 188 g/mol. The summed E-state index contributed by atoms with van der Waals surface area (Å²) in [4.78, 5) is 11.5. The zero-order chi connectivity index (χ0) is 11.1. The molecule has 3 heteroatoms. The van der Waals surface area contributed by atoms with Crippen LogP contribution in [0, 0.1) is 0 Å². The van der Waals surface area contributed by atoms with Gasteiger partial charge in [-0.25, -0.2) is 0 Å². The molecule has 2 N–H and O–H groups in total. The fourth-order valence-corrected chi connectivity index (χ4v) is 1.38. The molecule has 82 valence electrons. The Morgan fingerprint density at radius 2 is 2.00 bits per heavy atom. The minimum atomic E-state index is 0.0118. The molecule has 1 aromatic rings. The second-order valence-corrected chi connectivity index (χ2v) is 3.34. The van der Waals surface area contributed by atoms with E-state index in [0.717, 1.165) is 18.7 Å². The van der Waals surface area contributed by atoms with E-state index < -0.39 is 0 Å². The van der Waals surface area contributed by atoms with E-state index in [1.54, 1.807) is 0 Å². The summed E-state index contributed by atoms with van der Waals surface area (Å²) < 4.78 is 0. The molecule has 0 saturated heterocycles. The first kappa shape index (κ1) is 11.7. The number of aryl methyl sites for hydroxylation is 1. The Labute approximate surface area is 90.9 Å². The van der Waals surface area contributed by atoms with Crippen LogP contribution in [0.5, 0.6) is 0 Å². The standard InChI is InChI=1S/C12H18N2O/c1-3-10-7-5-6-8-11(10)14-12(15)9-13-4-2/h5-8,13H,3-4,9H2,1-2H3,(H,14,15). The number of para-hydroxylation sites is 1. The first-order valence-corrected chi connectivity index (χ1v) is 5.36. The van der Waals surface area contributed by atoms with Crippen LogP contribution in [0.25, 0.3) is 0 Å². The summed E-state index contributed by atoms with van der Waals surface area (Å²) in [6, 6.07) is 7.88. The number of rotatable bonds is 5. The number of hydrogen-bond donors (Lipinski definition) is 2. The van der Waals surface area contributed by atoms with Crippen LogP contribution < -0.4 is 10.6 Å². The van der Waals surface area contributed by atoms with Gasteiger partial charge in [-0.1, -0.05) is 32.0 Å². The van der Waals surface area contributed by atoms with Crippen molar-refractivity contribution in [2.24, 2.45) is 0 Å². The highest BCUT2D eigenvalue weighted by molar-refractivity contribution is 5.92. The molecule has 0 radical (unpaired) electrons. The average molecular weight is 206 g/mol. The summed E-state index contributed by atoms with van der Waals surface area (Å²) in [5, 5.41) is 5.89. The van der Waals surface area contributed by atoms with Crippen LogP contribution in [0.2, 0.25) is 0 Å². The number of anilines is 1. The summed E-state index contributed by atoms with van der Waals surface area (Å²) in [6.45, 7) is 5.24. The molecule has 1 aromatic carbocycles. The molecule has 0 spiro atoms. The lowest BCUT2D eigenvalue weighted by molar-refractivity contribution is -0.115. The largest absolute Gasteiger partial charge is 0.325 e. The lowest BCUT2D eigenvalue weighted by Gasteiger charge is -2.09. The van der Waals surface area contributed by atoms with Gasteiger partial charge < -0.3 is 10.6 Å². The molecule has 3 nitrogen and oxygen atoms in total. The smallest absolute Gasteiger partial charge is 0.238 e. The Morgan fingerprint density at radius 1 is 1.27 bits per heavy atom. The summed E-state index contributed by atoms with van der Waals surface area (Å²) in [5.74, 6) is 0.0118. The molecule has 0 bridgehead atoms. The van der Waals surface area contributed by atoms with Gasteiger partial charge in [0.1, 0.15) is 0 Å². The number of nitrogens with one attached hydrogen (secondary N) is 2. The van der Waals surface area contributed by atoms with E-state index in [4.69, 9.17) is 0 Å². The van der Waals surface area contributed by atoms with Crippen LogP contribution in [0.1, 0.15) is 19.4 Å². The number of carbonyl (C=O) groups excluding carboxylic acids is 1. The van der Waals surface area contributed by atoms with Gasteiger partial charge in [0.2, 0.25) is 5.91 Å². The predicted octanol–water partition coefficient (Wildman–Crippen LogP) is 1.80. The zero-order valence-electron chi connectivity index (χ0n) is 9.34. The average Bonchev–Trinajstić information content (AvgIpc) is 2.27. The van der Waals surface area contributed by atoms with Gasteiger partial charge in [-0.3, -0.25) is 4.79 Å². The predicted molar refractivity (Wildman–Crippen MR) is 63.0 cm³/mol. The van der Waals surface area contributed by atoms with Gasteiger partial charge in [-0.15, -0.1) is 0 Å². The van der Waals surface area contributed by atoms with Crippen molar-refractivity contribution in [1.29, 1.82) is 0 Å². The molecular formula is C12H18N2O. The monoisotopic (exact) mass is 206 g/mol. The summed E-state index contributed by atoms with van der Waals surface area (Å²) in [7, 11) is 0. The highest BCUT2D eigenvalue weighted by atomic mass is 16.1. The third kappa shape index (κ3) is 3.72. The summed E-state index contributed by atoms with van der Waals surface area (Å²) >= 11 is 0. The van der Waals surface area contributed by atoms with Crippen molar-refractivity contribution in [3.05, 3.63) is 29.8 Å². The second-order valence-electron chi connectivity index (χ2n) is 3.34. The first-order chi connectivity index (χ1) is 7.27. The Balaban J connectivity index is 2.59. The normalized spacial score (nSPS) is 10.0. The minimum absolute atomic E-state index is 0.0118. The number of benzene rings is 1. The Morgan fingerprint density at radius 3 is 2.67 bits per heavy atom. The Hall–Kier alpha value is -1.35. The molecule has 0 aliphatic carbocycles. The van der Waals surface area contributed by atoms with Crippen LogP contribution >= 0.6 is 0 Å². The van der Waals surface area contributed by atoms with Gasteiger partial charge in [0.25, 0.3) is 0 Å². The van der Waals surface area contributed by atoms with Gasteiger partial charge in [0.15, 0.2) is 0 Å². The topological polar surface area (TPSA) is 41.1 Å². The van der Waals surface area contributed by atoms with Crippen molar-refractivity contribution in [2.75, 3.05) is 18.4 Å². The zero-order valence-corrected chi connectivity index (χ0v) is 9.34.